The number of hydrogen-bond donors (Lipinski definition) is 0. The minimum atomic E-state index is -0.678. The average Bonchev–Trinajstić information content (AvgIpc) is 3.16. The van der Waals surface area contributed by atoms with Crippen molar-refractivity contribution in [3.63, 3.8) is 0 Å². The van der Waals surface area contributed by atoms with Crippen molar-refractivity contribution in [3.8, 4) is 11.3 Å². The number of nitrogens with zero attached hydrogens (tertiary/aromatic N) is 4. The van der Waals surface area contributed by atoms with Gasteiger partial charge in [0.15, 0.2) is 5.43 Å². The Kier molecular flexibility index (Phi) is 6.16. The average molecular weight is 421 g/mol. The maximum absolute atomic E-state index is 12.9. The number of carbonyl (C=O) groups excluding carboxylic acids is 1. The second-order valence-electron chi connectivity index (χ2n) is 5.92. The van der Waals surface area contributed by atoms with Crippen LogP contribution in [0, 0.1) is 0 Å². The van der Waals surface area contributed by atoms with Crippen molar-refractivity contribution in [3.05, 3.63) is 68.2 Å². The van der Waals surface area contributed by atoms with Crippen LogP contribution in [-0.2, 0) is 17.8 Å². The first-order valence-corrected chi connectivity index (χ1v) is 9.45. The molecular weight excluding hydrogens is 403 g/mol. The molecule has 3 aromatic rings. The number of ether oxygens (including phenoxy) is 1. The van der Waals surface area contributed by atoms with Crippen molar-refractivity contribution in [2.24, 2.45) is 0 Å². The molecule has 0 unspecified atom stereocenters. The third kappa shape index (κ3) is 3.95. The van der Waals surface area contributed by atoms with Crippen molar-refractivity contribution >= 4 is 29.2 Å². The lowest BCUT2D eigenvalue weighted by atomic mass is 10.0. The highest BCUT2D eigenvalue weighted by Gasteiger charge is 2.24. The molecule has 0 bridgehead atoms. The minimum absolute atomic E-state index is 0.0376. The van der Waals surface area contributed by atoms with Crippen LogP contribution < -0.4 is 5.43 Å². The van der Waals surface area contributed by atoms with E-state index in [9.17, 15) is 9.59 Å². The summed E-state index contributed by atoms with van der Waals surface area (Å²) in [6.45, 7) is 4.60. The van der Waals surface area contributed by atoms with Crippen molar-refractivity contribution in [2.75, 3.05) is 6.61 Å². The van der Waals surface area contributed by atoms with E-state index in [1.165, 1.54) is 6.07 Å². The number of pyridine rings is 1. The molecule has 0 radical (unpaired) electrons. The second kappa shape index (κ2) is 8.58. The normalized spacial score (nSPS) is 10.9. The predicted molar refractivity (Wildman–Crippen MR) is 107 cm³/mol. The van der Waals surface area contributed by atoms with E-state index in [0.29, 0.717) is 40.1 Å². The summed E-state index contributed by atoms with van der Waals surface area (Å²) in [6.07, 6.45) is 3.25. The smallest absolute Gasteiger partial charge is 0.344 e. The molecule has 2 heterocycles. The van der Waals surface area contributed by atoms with Crippen LogP contribution in [-0.4, -0.2) is 32.1 Å². The van der Waals surface area contributed by atoms with Gasteiger partial charge in [0.05, 0.1) is 35.1 Å². The third-order valence-electron chi connectivity index (χ3n) is 4.18. The summed E-state index contributed by atoms with van der Waals surface area (Å²) in [5, 5.41) is 8.45. The SMILES string of the molecule is CCOC(=O)c1c(-c2ccc(Cl)c(Cl)c2)n(CC)c(Cn2ccnn2)cc1=O. The number of benzene rings is 1. The number of carbonyl (C=O) groups is 1. The van der Waals surface area contributed by atoms with Gasteiger partial charge in [0.2, 0.25) is 0 Å². The monoisotopic (exact) mass is 420 g/mol. The van der Waals surface area contributed by atoms with Crippen LogP contribution in [0.2, 0.25) is 10.0 Å². The Morgan fingerprint density at radius 1 is 1.18 bits per heavy atom. The zero-order valence-corrected chi connectivity index (χ0v) is 16.9. The lowest BCUT2D eigenvalue weighted by Crippen LogP contribution is -2.25. The molecule has 0 aliphatic rings. The van der Waals surface area contributed by atoms with Crippen molar-refractivity contribution in [1.82, 2.24) is 19.6 Å². The van der Waals surface area contributed by atoms with Crippen LogP contribution in [0.3, 0.4) is 0 Å². The van der Waals surface area contributed by atoms with Gasteiger partial charge in [0.1, 0.15) is 5.56 Å². The maximum atomic E-state index is 12.9. The fraction of sp³-hybridized carbons (Fsp3) is 0.263. The molecule has 28 heavy (non-hydrogen) atoms. The molecule has 0 aliphatic carbocycles. The van der Waals surface area contributed by atoms with Crippen LogP contribution in [0.15, 0.2) is 41.5 Å². The molecule has 3 rings (SSSR count). The molecule has 7 nitrogen and oxygen atoms in total. The van der Waals surface area contributed by atoms with Crippen molar-refractivity contribution in [2.45, 2.75) is 26.9 Å². The van der Waals surface area contributed by atoms with Crippen molar-refractivity contribution < 1.29 is 9.53 Å². The quantitative estimate of drug-likeness (QED) is 0.568. The Morgan fingerprint density at radius 3 is 2.57 bits per heavy atom. The number of rotatable bonds is 6. The van der Waals surface area contributed by atoms with E-state index >= 15 is 0 Å². The van der Waals surface area contributed by atoms with Crippen LogP contribution >= 0.6 is 23.2 Å². The summed E-state index contributed by atoms with van der Waals surface area (Å²) in [4.78, 5) is 25.5. The summed E-state index contributed by atoms with van der Waals surface area (Å²) in [7, 11) is 0. The molecule has 2 aromatic heterocycles. The van der Waals surface area contributed by atoms with Crippen LogP contribution in [0.1, 0.15) is 29.9 Å². The van der Waals surface area contributed by atoms with Crippen LogP contribution in [0.25, 0.3) is 11.3 Å². The molecule has 1 aromatic carbocycles. The zero-order chi connectivity index (χ0) is 20.3. The summed E-state index contributed by atoms with van der Waals surface area (Å²) >= 11 is 12.2. The molecule has 9 heteroatoms. The van der Waals surface area contributed by atoms with E-state index in [-0.39, 0.29) is 12.2 Å². The number of esters is 1. The first-order valence-electron chi connectivity index (χ1n) is 8.69. The van der Waals surface area contributed by atoms with E-state index in [4.69, 9.17) is 27.9 Å². The van der Waals surface area contributed by atoms with Gasteiger partial charge in [-0.1, -0.05) is 34.5 Å². The highest BCUT2D eigenvalue weighted by molar-refractivity contribution is 6.42. The summed E-state index contributed by atoms with van der Waals surface area (Å²) in [6, 6.07) is 6.41. The maximum Gasteiger partial charge on any atom is 0.344 e. The number of aromatic nitrogens is 4. The molecule has 146 valence electrons. The number of halogens is 2. The van der Waals surface area contributed by atoms with Gasteiger partial charge in [0, 0.05) is 30.1 Å². The summed E-state index contributed by atoms with van der Waals surface area (Å²) in [5.41, 5.74) is 1.23. The summed E-state index contributed by atoms with van der Waals surface area (Å²) in [5.74, 6) is -0.678. The summed E-state index contributed by atoms with van der Waals surface area (Å²) < 4.78 is 8.60. The molecule has 0 saturated heterocycles. The van der Waals surface area contributed by atoms with Gasteiger partial charge in [-0.15, -0.1) is 5.10 Å². The second-order valence-corrected chi connectivity index (χ2v) is 6.73. The van der Waals surface area contributed by atoms with Gasteiger partial charge in [-0.3, -0.25) is 4.79 Å². The van der Waals surface area contributed by atoms with Crippen LogP contribution in [0.4, 0.5) is 0 Å². The molecule has 0 amide bonds. The third-order valence-corrected chi connectivity index (χ3v) is 4.92. The predicted octanol–water partition coefficient (Wildman–Crippen LogP) is 3.66. The first-order chi connectivity index (χ1) is 13.5. The van der Waals surface area contributed by atoms with Gasteiger partial charge in [-0.05, 0) is 26.0 Å². The van der Waals surface area contributed by atoms with Gasteiger partial charge in [-0.2, -0.15) is 0 Å². The number of hydrogen-bond acceptors (Lipinski definition) is 5. The lowest BCUT2D eigenvalue weighted by molar-refractivity contribution is 0.0525. The molecule has 0 N–H and O–H groups in total. The first kappa shape index (κ1) is 20.1. The highest BCUT2D eigenvalue weighted by Crippen LogP contribution is 2.31. The van der Waals surface area contributed by atoms with Gasteiger partial charge >= 0.3 is 5.97 Å². The Labute approximate surface area is 171 Å². The van der Waals surface area contributed by atoms with E-state index in [1.54, 1.807) is 42.2 Å². The van der Waals surface area contributed by atoms with Crippen molar-refractivity contribution in [1.29, 1.82) is 0 Å². The topological polar surface area (TPSA) is 79.0 Å². The minimum Gasteiger partial charge on any atom is -0.462 e. The van der Waals surface area contributed by atoms with E-state index in [2.05, 4.69) is 10.3 Å². The van der Waals surface area contributed by atoms with Gasteiger partial charge < -0.3 is 9.30 Å². The van der Waals surface area contributed by atoms with E-state index in [0.717, 1.165) is 0 Å². The zero-order valence-electron chi connectivity index (χ0n) is 15.4. The fourth-order valence-corrected chi connectivity index (χ4v) is 3.31. The van der Waals surface area contributed by atoms with Gasteiger partial charge in [-0.25, -0.2) is 9.48 Å². The Bertz CT molecular complexity index is 1060. The molecular formula is C19H18Cl2N4O3. The molecule has 0 saturated carbocycles. The van der Waals surface area contributed by atoms with Crippen LogP contribution in [0.5, 0.6) is 0 Å². The lowest BCUT2D eigenvalue weighted by Gasteiger charge is -2.20. The Hall–Kier alpha value is -2.64. The van der Waals surface area contributed by atoms with E-state index < -0.39 is 11.4 Å². The van der Waals surface area contributed by atoms with E-state index in [1.807, 2.05) is 11.5 Å². The molecule has 0 aliphatic heterocycles. The molecule has 0 atom stereocenters. The fourth-order valence-electron chi connectivity index (χ4n) is 3.02. The largest absolute Gasteiger partial charge is 0.462 e. The highest BCUT2D eigenvalue weighted by atomic mass is 35.5. The molecule has 0 fully saturated rings. The standard InChI is InChI=1S/C19H18Cl2N4O3/c1-3-25-13(11-24-8-7-22-23-24)10-16(26)17(19(27)28-4-2)18(25)12-5-6-14(20)15(21)9-12/h5-10H,3-4,11H2,1-2H3. The Balaban J connectivity index is 2.29. The molecule has 0 spiro atoms. The van der Waals surface area contributed by atoms with Gasteiger partial charge in [0.25, 0.3) is 0 Å². The Morgan fingerprint density at radius 2 is 1.96 bits per heavy atom.